The van der Waals surface area contributed by atoms with Crippen molar-refractivity contribution in [2.24, 2.45) is 0 Å². The summed E-state index contributed by atoms with van der Waals surface area (Å²) in [6.45, 7) is 2.05. The average Bonchev–Trinajstić information content (AvgIpc) is 3.05. The number of nitrogens with two attached hydrogens (primary N) is 1. The summed E-state index contributed by atoms with van der Waals surface area (Å²) in [6.07, 6.45) is 4.34. The fourth-order valence-electron chi connectivity index (χ4n) is 2.04. The Kier molecular flexibility index (Phi) is 2.79. The number of anilines is 1. The highest BCUT2D eigenvalue weighted by molar-refractivity contribution is 5.85. The summed E-state index contributed by atoms with van der Waals surface area (Å²) < 4.78 is 5.75. The first kappa shape index (κ1) is 11.5. The van der Waals surface area contributed by atoms with E-state index in [2.05, 4.69) is 15.2 Å². The fraction of sp³-hybridized carbons (Fsp3) is 0.143. The molecular formula is C14H14N4O. The van der Waals surface area contributed by atoms with Gasteiger partial charge in [-0.1, -0.05) is 13.0 Å². The Balaban J connectivity index is 2.13. The number of aryl methyl sites for hydroxylation is 1. The standard InChI is InChI=1S/C14H14N4O/c1-2-10-5-6-11(19-10)13-12(14(15)18-17-13)9-4-3-7-16-8-9/h3-8H,2H2,1H3,(H3,15,17,18). The monoisotopic (exact) mass is 254 g/mol. The minimum Gasteiger partial charge on any atom is -0.459 e. The molecule has 0 aliphatic carbocycles. The van der Waals surface area contributed by atoms with Gasteiger partial charge in [0.25, 0.3) is 0 Å². The van der Waals surface area contributed by atoms with Crippen molar-refractivity contribution in [1.29, 1.82) is 0 Å². The molecule has 3 aromatic heterocycles. The lowest BCUT2D eigenvalue weighted by Gasteiger charge is -2.01. The molecule has 0 bridgehead atoms. The first-order chi connectivity index (χ1) is 9.29. The quantitative estimate of drug-likeness (QED) is 0.753. The molecule has 0 atom stereocenters. The van der Waals surface area contributed by atoms with E-state index >= 15 is 0 Å². The predicted molar refractivity (Wildman–Crippen MR) is 73.3 cm³/mol. The predicted octanol–water partition coefficient (Wildman–Crippen LogP) is 2.88. The van der Waals surface area contributed by atoms with Crippen molar-refractivity contribution >= 4 is 5.82 Å². The molecule has 5 nitrogen and oxygen atoms in total. The molecule has 0 spiro atoms. The molecule has 0 fully saturated rings. The van der Waals surface area contributed by atoms with Gasteiger partial charge in [-0.05, 0) is 18.2 Å². The van der Waals surface area contributed by atoms with Crippen LogP contribution in [-0.2, 0) is 6.42 Å². The minimum atomic E-state index is 0.442. The van der Waals surface area contributed by atoms with E-state index in [1.54, 1.807) is 12.4 Å². The van der Waals surface area contributed by atoms with Crippen LogP contribution in [0.5, 0.6) is 0 Å². The van der Waals surface area contributed by atoms with E-state index in [0.29, 0.717) is 5.82 Å². The normalized spacial score (nSPS) is 10.8. The van der Waals surface area contributed by atoms with Crippen LogP contribution in [0.2, 0.25) is 0 Å². The average molecular weight is 254 g/mol. The highest BCUT2D eigenvalue weighted by Crippen LogP contribution is 2.34. The molecule has 3 heterocycles. The first-order valence-corrected chi connectivity index (χ1v) is 6.13. The number of hydrogen-bond donors (Lipinski definition) is 2. The molecule has 0 aromatic carbocycles. The number of nitrogen functional groups attached to an aromatic ring is 1. The number of rotatable bonds is 3. The third-order valence-corrected chi connectivity index (χ3v) is 3.00. The van der Waals surface area contributed by atoms with Crippen LogP contribution in [0.15, 0.2) is 41.1 Å². The van der Waals surface area contributed by atoms with Gasteiger partial charge in [-0.25, -0.2) is 0 Å². The van der Waals surface area contributed by atoms with Crippen LogP contribution in [0.25, 0.3) is 22.6 Å². The number of H-pyrrole nitrogens is 1. The topological polar surface area (TPSA) is 80.7 Å². The van der Waals surface area contributed by atoms with Gasteiger partial charge in [-0.2, -0.15) is 5.10 Å². The van der Waals surface area contributed by atoms with Crippen molar-refractivity contribution in [3.05, 3.63) is 42.4 Å². The molecule has 0 aliphatic heterocycles. The van der Waals surface area contributed by atoms with Crippen molar-refractivity contribution in [2.75, 3.05) is 5.73 Å². The molecule has 3 aromatic rings. The third kappa shape index (κ3) is 1.99. The molecule has 0 saturated carbocycles. The summed E-state index contributed by atoms with van der Waals surface area (Å²) in [5.74, 6) is 2.11. The number of hydrogen-bond acceptors (Lipinski definition) is 4. The molecular weight excluding hydrogens is 240 g/mol. The summed E-state index contributed by atoms with van der Waals surface area (Å²) in [6, 6.07) is 7.69. The van der Waals surface area contributed by atoms with Gasteiger partial charge in [-0.15, -0.1) is 0 Å². The maximum Gasteiger partial charge on any atom is 0.153 e. The third-order valence-electron chi connectivity index (χ3n) is 3.00. The Bertz CT molecular complexity index is 685. The van der Waals surface area contributed by atoms with Crippen LogP contribution < -0.4 is 5.73 Å². The van der Waals surface area contributed by atoms with Crippen LogP contribution in [0.3, 0.4) is 0 Å². The summed E-state index contributed by atoms with van der Waals surface area (Å²) in [7, 11) is 0. The molecule has 0 saturated heterocycles. The Morgan fingerprint density at radius 1 is 1.32 bits per heavy atom. The van der Waals surface area contributed by atoms with Gasteiger partial charge in [0, 0.05) is 24.4 Å². The van der Waals surface area contributed by atoms with E-state index in [9.17, 15) is 0 Å². The molecule has 0 amide bonds. The highest BCUT2D eigenvalue weighted by Gasteiger charge is 2.17. The number of furan rings is 1. The van der Waals surface area contributed by atoms with Crippen molar-refractivity contribution in [3.63, 3.8) is 0 Å². The van der Waals surface area contributed by atoms with Crippen LogP contribution in [0, 0.1) is 0 Å². The van der Waals surface area contributed by atoms with E-state index in [1.165, 1.54) is 0 Å². The summed E-state index contributed by atoms with van der Waals surface area (Å²) in [4.78, 5) is 4.11. The fourth-order valence-corrected chi connectivity index (χ4v) is 2.04. The van der Waals surface area contributed by atoms with Gasteiger partial charge in [-0.3, -0.25) is 10.1 Å². The Hall–Kier alpha value is -2.56. The lowest BCUT2D eigenvalue weighted by atomic mass is 10.1. The Morgan fingerprint density at radius 3 is 2.89 bits per heavy atom. The highest BCUT2D eigenvalue weighted by atomic mass is 16.3. The van der Waals surface area contributed by atoms with Crippen LogP contribution in [0.1, 0.15) is 12.7 Å². The van der Waals surface area contributed by atoms with E-state index in [-0.39, 0.29) is 0 Å². The number of aromatic nitrogens is 3. The van der Waals surface area contributed by atoms with Crippen molar-refractivity contribution in [2.45, 2.75) is 13.3 Å². The summed E-state index contributed by atoms with van der Waals surface area (Å²) in [5, 5.41) is 7.00. The molecule has 0 aliphatic rings. The van der Waals surface area contributed by atoms with Crippen LogP contribution >= 0.6 is 0 Å². The number of nitrogens with one attached hydrogen (secondary N) is 1. The van der Waals surface area contributed by atoms with Gasteiger partial charge in [0.2, 0.25) is 0 Å². The van der Waals surface area contributed by atoms with Gasteiger partial charge in [0.15, 0.2) is 11.6 Å². The largest absolute Gasteiger partial charge is 0.459 e. The maximum absolute atomic E-state index is 5.94. The molecule has 0 radical (unpaired) electrons. The van der Waals surface area contributed by atoms with E-state index in [0.717, 1.165) is 34.8 Å². The number of nitrogens with zero attached hydrogens (tertiary/aromatic N) is 2. The summed E-state index contributed by atoms with van der Waals surface area (Å²) in [5.41, 5.74) is 8.46. The zero-order chi connectivity index (χ0) is 13.2. The number of aromatic amines is 1. The summed E-state index contributed by atoms with van der Waals surface area (Å²) >= 11 is 0. The lowest BCUT2D eigenvalue weighted by molar-refractivity contribution is 0.527. The van der Waals surface area contributed by atoms with Crippen LogP contribution in [-0.4, -0.2) is 15.2 Å². The molecule has 3 N–H and O–H groups in total. The van der Waals surface area contributed by atoms with Crippen LogP contribution in [0.4, 0.5) is 5.82 Å². The second kappa shape index (κ2) is 4.61. The molecule has 19 heavy (non-hydrogen) atoms. The zero-order valence-electron chi connectivity index (χ0n) is 10.6. The molecule has 0 unspecified atom stereocenters. The van der Waals surface area contributed by atoms with Crippen molar-refractivity contribution in [1.82, 2.24) is 15.2 Å². The zero-order valence-corrected chi connectivity index (χ0v) is 10.6. The SMILES string of the molecule is CCc1ccc(-c2[nH]nc(N)c2-c2cccnc2)o1. The molecule has 3 rings (SSSR count). The van der Waals surface area contributed by atoms with E-state index < -0.39 is 0 Å². The molecule has 5 heteroatoms. The molecule has 96 valence electrons. The minimum absolute atomic E-state index is 0.442. The van der Waals surface area contributed by atoms with Crippen molar-refractivity contribution < 1.29 is 4.42 Å². The first-order valence-electron chi connectivity index (χ1n) is 6.13. The Morgan fingerprint density at radius 2 is 2.21 bits per heavy atom. The Labute approximate surface area is 110 Å². The maximum atomic E-state index is 5.94. The number of pyridine rings is 1. The van der Waals surface area contributed by atoms with Gasteiger partial charge in [0.1, 0.15) is 11.5 Å². The lowest BCUT2D eigenvalue weighted by Crippen LogP contribution is -1.88. The van der Waals surface area contributed by atoms with Gasteiger partial charge in [0.05, 0.1) is 5.56 Å². The van der Waals surface area contributed by atoms with Crippen molar-refractivity contribution in [3.8, 4) is 22.6 Å². The second-order valence-corrected chi connectivity index (χ2v) is 4.22. The second-order valence-electron chi connectivity index (χ2n) is 4.22. The smallest absolute Gasteiger partial charge is 0.153 e. The van der Waals surface area contributed by atoms with Gasteiger partial charge >= 0.3 is 0 Å². The van der Waals surface area contributed by atoms with E-state index in [4.69, 9.17) is 10.2 Å². The van der Waals surface area contributed by atoms with Gasteiger partial charge < -0.3 is 10.2 Å². The van der Waals surface area contributed by atoms with E-state index in [1.807, 2.05) is 31.2 Å².